The van der Waals surface area contributed by atoms with Gasteiger partial charge in [0.15, 0.2) is 0 Å². The lowest BCUT2D eigenvalue weighted by atomic mass is 10.0. The molecule has 3 rings (SSSR count). The SMILES string of the molecule is CC.CC.CC1CN(Cc2cccc(C(=O)N3CCCCC3)n2)C1. The van der Waals surface area contributed by atoms with E-state index in [1.807, 2.05) is 50.8 Å². The Morgan fingerprint density at radius 2 is 1.71 bits per heavy atom. The van der Waals surface area contributed by atoms with Crippen LogP contribution in [0, 0.1) is 5.92 Å². The fourth-order valence-electron chi connectivity index (χ4n) is 3.13. The molecule has 0 spiro atoms. The number of carbonyl (C=O) groups is 1. The average Bonchev–Trinajstić information content (AvgIpc) is 2.64. The lowest BCUT2D eigenvalue weighted by Crippen LogP contribution is -2.44. The number of piperidine rings is 1. The number of rotatable bonds is 3. The van der Waals surface area contributed by atoms with Gasteiger partial charge < -0.3 is 4.90 Å². The van der Waals surface area contributed by atoms with E-state index in [2.05, 4.69) is 16.8 Å². The molecule has 2 aliphatic heterocycles. The van der Waals surface area contributed by atoms with Crippen LogP contribution < -0.4 is 0 Å². The fraction of sp³-hybridized carbons (Fsp3) is 0.700. The summed E-state index contributed by atoms with van der Waals surface area (Å²) in [6.45, 7) is 15.2. The van der Waals surface area contributed by atoms with Crippen molar-refractivity contribution in [3.8, 4) is 0 Å². The van der Waals surface area contributed by atoms with Crippen LogP contribution in [0.25, 0.3) is 0 Å². The van der Waals surface area contributed by atoms with Gasteiger partial charge in [0, 0.05) is 32.7 Å². The molecule has 0 aliphatic carbocycles. The molecule has 0 saturated carbocycles. The van der Waals surface area contributed by atoms with Crippen LogP contribution >= 0.6 is 0 Å². The summed E-state index contributed by atoms with van der Waals surface area (Å²) in [7, 11) is 0. The molecule has 0 aromatic carbocycles. The highest BCUT2D eigenvalue weighted by atomic mass is 16.2. The molecule has 0 N–H and O–H groups in total. The Morgan fingerprint density at radius 1 is 1.08 bits per heavy atom. The second-order valence-electron chi connectivity index (χ2n) is 6.17. The number of amides is 1. The summed E-state index contributed by atoms with van der Waals surface area (Å²) in [5.41, 5.74) is 1.62. The molecular weight excluding hydrogens is 298 g/mol. The van der Waals surface area contributed by atoms with E-state index < -0.39 is 0 Å². The average molecular weight is 334 g/mol. The van der Waals surface area contributed by atoms with Crippen molar-refractivity contribution in [2.75, 3.05) is 26.2 Å². The van der Waals surface area contributed by atoms with Crippen LogP contribution in [0.3, 0.4) is 0 Å². The lowest BCUT2D eigenvalue weighted by Gasteiger charge is -2.36. The number of hydrogen-bond acceptors (Lipinski definition) is 3. The van der Waals surface area contributed by atoms with Crippen LogP contribution in [-0.2, 0) is 6.54 Å². The van der Waals surface area contributed by atoms with Crippen molar-refractivity contribution in [3.63, 3.8) is 0 Å². The zero-order chi connectivity index (χ0) is 17.9. The van der Waals surface area contributed by atoms with E-state index in [1.165, 1.54) is 6.42 Å². The van der Waals surface area contributed by atoms with Gasteiger partial charge in [-0.15, -0.1) is 0 Å². The van der Waals surface area contributed by atoms with Crippen molar-refractivity contribution in [3.05, 3.63) is 29.6 Å². The van der Waals surface area contributed by atoms with E-state index in [1.54, 1.807) is 0 Å². The van der Waals surface area contributed by atoms with Crippen molar-refractivity contribution >= 4 is 5.91 Å². The van der Waals surface area contributed by atoms with Crippen molar-refractivity contribution in [1.82, 2.24) is 14.8 Å². The van der Waals surface area contributed by atoms with Gasteiger partial charge in [0.2, 0.25) is 0 Å². The van der Waals surface area contributed by atoms with Gasteiger partial charge in [0.05, 0.1) is 5.69 Å². The summed E-state index contributed by atoms with van der Waals surface area (Å²) >= 11 is 0. The molecule has 1 aromatic rings. The number of pyridine rings is 1. The van der Waals surface area contributed by atoms with Crippen molar-refractivity contribution < 1.29 is 4.79 Å². The standard InChI is InChI=1S/C16H23N3O.2C2H6/c1-13-10-18(11-13)12-14-6-5-7-15(17-14)16(20)19-8-3-2-4-9-19;2*1-2/h5-7,13H,2-4,8-12H2,1H3;2*1-2H3. The van der Waals surface area contributed by atoms with Crippen molar-refractivity contribution in [1.29, 1.82) is 0 Å². The van der Waals surface area contributed by atoms with Gasteiger partial charge in [-0.3, -0.25) is 9.69 Å². The van der Waals surface area contributed by atoms with Crippen LogP contribution in [0.5, 0.6) is 0 Å². The first kappa shape index (κ1) is 20.6. The van der Waals surface area contributed by atoms with E-state index in [0.29, 0.717) is 5.69 Å². The molecule has 0 bridgehead atoms. The van der Waals surface area contributed by atoms with E-state index >= 15 is 0 Å². The van der Waals surface area contributed by atoms with Crippen molar-refractivity contribution in [2.24, 2.45) is 5.92 Å². The number of carbonyl (C=O) groups excluding carboxylic acids is 1. The predicted octanol–water partition coefficient (Wildman–Crippen LogP) is 4.21. The quantitative estimate of drug-likeness (QED) is 0.831. The third-order valence-corrected chi connectivity index (χ3v) is 4.19. The third-order valence-electron chi connectivity index (χ3n) is 4.19. The minimum atomic E-state index is 0.100. The van der Waals surface area contributed by atoms with E-state index in [0.717, 1.165) is 57.2 Å². The highest BCUT2D eigenvalue weighted by molar-refractivity contribution is 5.92. The van der Waals surface area contributed by atoms with Gasteiger partial charge in [0.25, 0.3) is 5.91 Å². The molecule has 3 heterocycles. The molecule has 0 radical (unpaired) electrons. The largest absolute Gasteiger partial charge is 0.337 e. The summed E-state index contributed by atoms with van der Waals surface area (Å²) in [6, 6.07) is 5.83. The maximum atomic E-state index is 12.4. The Bertz CT molecular complexity index is 478. The van der Waals surface area contributed by atoms with Gasteiger partial charge >= 0.3 is 0 Å². The summed E-state index contributed by atoms with van der Waals surface area (Å²) in [5, 5.41) is 0. The highest BCUT2D eigenvalue weighted by Crippen LogP contribution is 2.17. The molecule has 0 atom stereocenters. The normalized spacial score (nSPS) is 17.8. The first-order valence-electron chi connectivity index (χ1n) is 9.70. The van der Waals surface area contributed by atoms with Gasteiger partial charge in [0.1, 0.15) is 5.69 Å². The Morgan fingerprint density at radius 3 is 2.29 bits per heavy atom. The lowest BCUT2D eigenvalue weighted by molar-refractivity contribution is 0.0716. The summed E-state index contributed by atoms with van der Waals surface area (Å²) in [5.74, 6) is 0.900. The minimum Gasteiger partial charge on any atom is -0.337 e. The van der Waals surface area contributed by atoms with E-state index in [9.17, 15) is 4.79 Å². The first-order chi connectivity index (χ1) is 11.7. The van der Waals surface area contributed by atoms with E-state index in [-0.39, 0.29) is 5.91 Å². The predicted molar refractivity (Wildman–Crippen MR) is 101 cm³/mol. The molecule has 2 saturated heterocycles. The Balaban J connectivity index is 0.000000671. The van der Waals surface area contributed by atoms with Crippen molar-refractivity contribution in [2.45, 2.75) is 60.4 Å². The number of likely N-dealkylation sites (tertiary alicyclic amines) is 2. The minimum absolute atomic E-state index is 0.100. The molecule has 2 fully saturated rings. The zero-order valence-corrected chi connectivity index (χ0v) is 16.2. The molecule has 0 unspecified atom stereocenters. The fourth-order valence-corrected chi connectivity index (χ4v) is 3.13. The highest BCUT2D eigenvalue weighted by Gasteiger charge is 2.23. The monoisotopic (exact) mass is 333 g/mol. The van der Waals surface area contributed by atoms with Crippen LogP contribution in [0.15, 0.2) is 18.2 Å². The first-order valence-corrected chi connectivity index (χ1v) is 9.70. The van der Waals surface area contributed by atoms with Crippen LogP contribution in [-0.4, -0.2) is 46.9 Å². The molecule has 4 nitrogen and oxygen atoms in total. The third kappa shape index (κ3) is 5.90. The topological polar surface area (TPSA) is 36.4 Å². The molecule has 2 aliphatic rings. The van der Waals surface area contributed by atoms with Crippen LogP contribution in [0.2, 0.25) is 0 Å². The second kappa shape index (κ2) is 11.2. The molecule has 1 aromatic heterocycles. The molecule has 1 amide bonds. The summed E-state index contributed by atoms with van der Waals surface area (Å²) in [4.78, 5) is 21.3. The maximum Gasteiger partial charge on any atom is 0.272 e. The molecule has 4 heteroatoms. The van der Waals surface area contributed by atoms with Gasteiger partial charge in [-0.25, -0.2) is 4.98 Å². The zero-order valence-electron chi connectivity index (χ0n) is 16.2. The van der Waals surface area contributed by atoms with Crippen LogP contribution in [0.4, 0.5) is 0 Å². The summed E-state index contributed by atoms with van der Waals surface area (Å²) in [6.07, 6.45) is 3.48. The molecule has 136 valence electrons. The second-order valence-corrected chi connectivity index (χ2v) is 6.17. The van der Waals surface area contributed by atoms with Gasteiger partial charge in [-0.1, -0.05) is 40.7 Å². The smallest absolute Gasteiger partial charge is 0.272 e. The Kier molecular flexibility index (Phi) is 9.62. The number of nitrogens with zero attached hydrogens (tertiary/aromatic N) is 3. The molecule has 24 heavy (non-hydrogen) atoms. The van der Waals surface area contributed by atoms with Crippen LogP contribution in [0.1, 0.15) is 70.1 Å². The maximum absolute atomic E-state index is 12.4. The Labute approximate surface area is 148 Å². The number of hydrogen-bond donors (Lipinski definition) is 0. The van der Waals surface area contributed by atoms with E-state index in [4.69, 9.17) is 0 Å². The Hall–Kier alpha value is -1.42. The molecular formula is C20H35N3O. The summed E-state index contributed by atoms with van der Waals surface area (Å²) < 4.78 is 0. The van der Waals surface area contributed by atoms with Gasteiger partial charge in [-0.2, -0.15) is 0 Å². The number of aromatic nitrogens is 1. The van der Waals surface area contributed by atoms with Gasteiger partial charge in [-0.05, 0) is 37.3 Å².